The fourth-order valence-corrected chi connectivity index (χ4v) is 3.45. The number of nitrogens with one attached hydrogen (secondary N) is 1. The van der Waals surface area contributed by atoms with Gasteiger partial charge in [-0.2, -0.15) is 0 Å². The van der Waals surface area contributed by atoms with Gasteiger partial charge in [0.1, 0.15) is 6.17 Å². The minimum atomic E-state index is -0.0131. The molecule has 2 atom stereocenters. The lowest BCUT2D eigenvalue weighted by Crippen LogP contribution is -2.44. The molecule has 1 aromatic rings. The third kappa shape index (κ3) is 2.35. The van der Waals surface area contributed by atoms with E-state index in [-0.39, 0.29) is 18.1 Å². The van der Waals surface area contributed by atoms with Crippen LogP contribution >= 0.6 is 11.8 Å². The molecule has 108 valence electrons. The fraction of sp³-hybridized carbons (Fsp3) is 0.562. The Morgan fingerprint density at radius 2 is 2.00 bits per heavy atom. The van der Waals surface area contributed by atoms with Crippen LogP contribution in [0.3, 0.4) is 0 Å². The van der Waals surface area contributed by atoms with E-state index in [0.717, 1.165) is 19.3 Å². The van der Waals surface area contributed by atoms with Crippen LogP contribution in [-0.4, -0.2) is 29.1 Å². The summed E-state index contributed by atoms with van der Waals surface area (Å²) in [7, 11) is 0. The zero-order valence-corrected chi connectivity index (χ0v) is 13.0. The summed E-state index contributed by atoms with van der Waals surface area (Å²) in [5.41, 5.74) is 1.21. The number of thioether (sulfide) groups is 1. The van der Waals surface area contributed by atoms with E-state index in [2.05, 4.69) is 47.7 Å². The van der Waals surface area contributed by atoms with Gasteiger partial charge in [0.05, 0.1) is 6.04 Å². The number of amides is 1. The lowest BCUT2D eigenvalue weighted by Gasteiger charge is -2.38. The minimum Gasteiger partial charge on any atom is -0.319 e. The van der Waals surface area contributed by atoms with Crippen LogP contribution in [0.5, 0.6) is 0 Å². The number of nitrogens with zero attached hydrogens (tertiary/aromatic N) is 1. The molecule has 3 rings (SSSR count). The Balaban J connectivity index is 1.86. The van der Waals surface area contributed by atoms with Gasteiger partial charge in [-0.05, 0) is 49.6 Å². The van der Waals surface area contributed by atoms with Crippen LogP contribution in [0, 0.1) is 0 Å². The molecular weight excluding hydrogens is 268 g/mol. The monoisotopic (exact) mass is 290 g/mol. The molecule has 1 amide bonds. The van der Waals surface area contributed by atoms with Crippen molar-refractivity contribution in [3.63, 3.8) is 0 Å². The molecule has 4 heteroatoms. The molecule has 2 unspecified atom stereocenters. The number of hydrogen-bond donors (Lipinski definition) is 1. The number of benzene rings is 1. The van der Waals surface area contributed by atoms with Crippen LogP contribution in [0.1, 0.15) is 44.3 Å². The van der Waals surface area contributed by atoms with Gasteiger partial charge in [0.25, 0.3) is 0 Å². The largest absolute Gasteiger partial charge is 0.319 e. The minimum absolute atomic E-state index is 0.0131. The van der Waals surface area contributed by atoms with Gasteiger partial charge in [0.2, 0.25) is 5.91 Å². The molecule has 2 aliphatic rings. The van der Waals surface area contributed by atoms with Crippen molar-refractivity contribution in [2.24, 2.45) is 0 Å². The van der Waals surface area contributed by atoms with Crippen molar-refractivity contribution in [2.45, 2.75) is 55.8 Å². The Morgan fingerprint density at radius 3 is 2.50 bits per heavy atom. The van der Waals surface area contributed by atoms with Gasteiger partial charge in [0.15, 0.2) is 0 Å². The first-order chi connectivity index (χ1) is 9.74. The maximum Gasteiger partial charge on any atom is 0.241 e. The van der Waals surface area contributed by atoms with Crippen molar-refractivity contribution in [3.05, 3.63) is 29.8 Å². The average molecular weight is 290 g/mol. The van der Waals surface area contributed by atoms with Gasteiger partial charge in [0, 0.05) is 10.9 Å². The van der Waals surface area contributed by atoms with Gasteiger partial charge < -0.3 is 4.90 Å². The van der Waals surface area contributed by atoms with E-state index in [4.69, 9.17) is 0 Å². The molecule has 20 heavy (non-hydrogen) atoms. The van der Waals surface area contributed by atoms with Crippen LogP contribution in [0.15, 0.2) is 29.2 Å². The maximum absolute atomic E-state index is 12.5. The molecule has 2 fully saturated rings. The molecule has 0 bridgehead atoms. The zero-order chi connectivity index (χ0) is 14.1. The average Bonchev–Trinajstić information content (AvgIpc) is 2.75. The van der Waals surface area contributed by atoms with Crippen molar-refractivity contribution in [1.29, 1.82) is 0 Å². The molecule has 1 N–H and O–H groups in total. The van der Waals surface area contributed by atoms with Crippen molar-refractivity contribution in [2.75, 3.05) is 6.26 Å². The van der Waals surface area contributed by atoms with Crippen LogP contribution in [0.25, 0.3) is 0 Å². The number of carbonyl (C=O) groups excluding carboxylic acids is 1. The van der Waals surface area contributed by atoms with Gasteiger partial charge in [-0.1, -0.05) is 19.1 Å². The maximum atomic E-state index is 12.5. The molecule has 3 nitrogen and oxygen atoms in total. The number of rotatable bonds is 4. The molecule has 1 aliphatic heterocycles. The Kier molecular flexibility index (Phi) is 4.03. The van der Waals surface area contributed by atoms with Crippen LogP contribution in [0.4, 0.5) is 0 Å². The van der Waals surface area contributed by atoms with E-state index in [9.17, 15) is 4.79 Å². The second kappa shape index (κ2) is 5.78. The second-order valence-electron chi connectivity index (χ2n) is 5.63. The van der Waals surface area contributed by atoms with E-state index < -0.39 is 0 Å². The third-order valence-electron chi connectivity index (χ3n) is 4.50. The Labute approximate surface area is 125 Å². The molecule has 0 radical (unpaired) electrons. The van der Waals surface area contributed by atoms with Gasteiger partial charge in [-0.15, -0.1) is 11.8 Å². The fourth-order valence-electron chi connectivity index (χ4n) is 3.04. The summed E-state index contributed by atoms with van der Waals surface area (Å²) in [5, 5.41) is 3.51. The molecular formula is C16H22N2OS. The lowest BCUT2D eigenvalue weighted by atomic mass is 9.90. The van der Waals surface area contributed by atoms with Crippen molar-refractivity contribution < 1.29 is 4.79 Å². The highest BCUT2D eigenvalue weighted by atomic mass is 32.2. The van der Waals surface area contributed by atoms with E-state index in [0.29, 0.717) is 6.04 Å². The standard InChI is InChI=1S/C16H22N2OS/c1-3-14-16(19)18(12-5-4-6-12)15(17-14)11-7-9-13(20-2)10-8-11/h7-10,12,14-15,17H,3-6H2,1-2H3. The molecule has 1 aliphatic carbocycles. The van der Waals surface area contributed by atoms with E-state index >= 15 is 0 Å². The lowest BCUT2D eigenvalue weighted by molar-refractivity contribution is -0.134. The Bertz CT molecular complexity index is 484. The highest BCUT2D eigenvalue weighted by Gasteiger charge is 2.43. The highest BCUT2D eigenvalue weighted by molar-refractivity contribution is 7.98. The van der Waals surface area contributed by atoms with Crippen molar-refractivity contribution in [1.82, 2.24) is 10.2 Å². The SMILES string of the molecule is CCC1NC(c2ccc(SC)cc2)N(C2CCC2)C1=O. The predicted octanol–water partition coefficient (Wildman–Crippen LogP) is 3.17. The number of hydrogen-bond acceptors (Lipinski definition) is 3. The normalized spacial score (nSPS) is 26.9. The number of carbonyl (C=O) groups is 1. The Morgan fingerprint density at radius 1 is 1.30 bits per heavy atom. The quantitative estimate of drug-likeness (QED) is 0.865. The van der Waals surface area contributed by atoms with E-state index in [1.54, 1.807) is 11.8 Å². The third-order valence-corrected chi connectivity index (χ3v) is 5.24. The highest BCUT2D eigenvalue weighted by Crippen LogP contribution is 2.36. The first-order valence-electron chi connectivity index (χ1n) is 7.46. The van der Waals surface area contributed by atoms with Crippen molar-refractivity contribution >= 4 is 17.7 Å². The predicted molar refractivity (Wildman–Crippen MR) is 82.7 cm³/mol. The molecule has 0 spiro atoms. The second-order valence-corrected chi connectivity index (χ2v) is 6.51. The smallest absolute Gasteiger partial charge is 0.241 e. The van der Waals surface area contributed by atoms with Crippen LogP contribution < -0.4 is 5.32 Å². The van der Waals surface area contributed by atoms with Crippen molar-refractivity contribution in [3.8, 4) is 0 Å². The first kappa shape index (κ1) is 14.0. The summed E-state index contributed by atoms with van der Waals surface area (Å²) in [6.45, 7) is 2.08. The zero-order valence-electron chi connectivity index (χ0n) is 12.1. The Hall–Kier alpha value is -1.00. The van der Waals surface area contributed by atoms with E-state index in [1.807, 2.05) is 0 Å². The summed E-state index contributed by atoms with van der Waals surface area (Å²) in [5.74, 6) is 0.288. The van der Waals surface area contributed by atoms with Gasteiger partial charge >= 0.3 is 0 Å². The molecule has 1 heterocycles. The van der Waals surface area contributed by atoms with Gasteiger partial charge in [-0.25, -0.2) is 0 Å². The molecule has 1 aromatic carbocycles. The molecule has 0 aromatic heterocycles. The van der Waals surface area contributed by atoms with Crippen LogP contribution in [-0.2, 0) is 4.79 Å². The van der Waals surface area contributed by atoms with E-state index in [1.165, 1.54) is 16.9 Å². The summed E-state index contributed by atoms with van der Waals surface area (Å²) in [6.07, 6.45) is 6.57. The summed E-state index contributed by atoms with van der Waals surface area (Å²) >= 11 is 1.75. The molecule has 1 saturated carbocycles. The summed E-state index contributed by atoms with van der Waals surface area (Å²) in [4.78, 5) is 15.9. The topological polar surface area (TPSA) is 32.3 Å². The summed E-state index contributed by atoms with van der Waals surface area (Å²) < 4.78 is 0. The first-order valence-corrected chi connectivity index (χ1v) is 8.69. The molecule has 1 saturated heterocycles. The summed E-state index contributed by atoms with van der Waals surface area (Å²) in [6, 6.07) is 9.02. The van der Waals surface area contributed by atoms with Gasteiger partial charge in [-0.3, -0.25) is 10.1 Å². The van der Waals surface area contributed by atoms with Crippen LogP contribution in [0.2, 0.25) is 0 Å².